The molecule has 0 bridgehead atoms. The number of nitrogens with one attached hydrogen (secondary N) is 1. The summed E-state index contributed by atoms with van der Waals surface area (Å²) in [6.07, 6.45) is 2.89. The first-order valence-electron chi connectivity index (χ1n) is 8.27. The van der Waals surface area contributed by atoms with E-state index in [1.54, 1.807) is 6.20 Å². The van der Waals surface area contributed by atoms with Crippen LogP contribution in [0, 0.1) is 0 Å². The SMILES string of the molecule is CC1(c2nc(-c3ccc(-c4ccccc4)nc3)no2)CCNC(=O)C1. The zero-order valence-corrected chi connectivity index (χ0v) is 13.9. The van der Waals surface area contributed by atoms with Crippen LogP contribution in [0.4, 0.5) is 0 Å². The fourth-order valence-electron chi connectivity index (χ4n) is 3.06. The molecule has 3 heterocycles. The fraction of sp³-hybridized carbons (Fsp3) is 0.263. The fourth-order valence-corrected chi connectivity index (χ4v) is 3.06. The molecule has 1 atom stereocenters. The lowest BCUT2D eigenvalue weighted by Gasteiger charge is -2.29. The molecule has 6 nitrogen and oxygen atoms in total. The maximum Gasteiger partial charge on any atom is 0.233 e. The molecular formula is C19H18N4O2. The number of carbonyl (C=O) groups excluding carboxylic acids is 1. The van der Waals surface area contributed by atoms with Gasteiger partial charge in [-0.2, -0.15) is 4.98 Å². The first kappa shape index (κ1) is 15.5. The Morgan fingerprint density at radius 1 is 1.12 bits per heavy atom. The van der Waals surface area contributed by atoms with E-state index in [2.05, 4.69) is 20.4 Å². The predicted molar refractivity (Wildman–Crippen MR) is 92.6 cm³/mol. The molecule has 1 unspecified atom stereocenters. The Morgan fingerprint density at radius 2 is 1.96 bits per heavy atom. The van der Waals surface area contributed by atoms with Crippen LogP contribution < -0.4 is 5.32 Å². The van der Waals surface area contributed by atoms with Gasteiger partial charge in [-0.25, -0.2) is 0 Å². The summed E-state index contributed by atoms with van der Waals surface area (Å²) in [5, 5.41) is 6.90. The number of hydrogen-bond donors (Lipinski definition) is 1. The smallest absolute Gasteiger partial charge is 0.233 e. The molecule has 1 aliphatic rings. The van der Waals surface area contributed by atoms with E-state index >= 15 is 0 Å². The molecule has 126 valence electrons. The first-order chi connectivity index (χ1) is 12.1. The van der Waals surface area contributed by atoms with Crippen molar-refractivity contribution >= 4 is 5.91 Å². The molecule has 2 aromatic heterocycles. The number of nitrogens with zero attached hydrogens (tertiary/aromatic N) is 3. The molecule has 25 heavy (non-hydrogen) atoms. The maximum atomic E-state index is 11.7. The van der Waals surface area contributed by atoms with E-state index in [0.29, 0.717) is 24.7 Å². The van der Waals surface area contributed by atoms with E-state index in [-0.39, 0.29) is 5.91 Å². The minimum atomic E-state index is -0.412. The van der Waals surface area contributed by atoms with E-state index in [0.717, 1.165) is 23.2 Å². The number of piperidine rings is 1. The van der Waals surface area contributed by atoms with Gasteiger partial charge in [0, 0.05) is 30.3 Å². The van der Waals surface area contributed by atoms with Crippen LogP contribution in [-0.4, -0.2) is 27.6 Å². The molecule has 0 spiro atoms. The van der Waals surface area contributed by atoms with E-state index in [9.17, 15) is 4.79 Å². The Hall–Kier alpha value is -3.02. The minimum Gasteiger partial charge on any atom is -0.356 e. The maximum absolute atomic E-state index is 11.7. The Morgan fingerprint density at radius 3 is 2.68 bits per heavy atom. The molecule has 1 fully saturated rings. The number of amides is 1. The van der Waals surface area contributed by atoms with Crippen molar-refractivity contribution in [2.75, 3.05) is 6.54 Å². The number of carbonyl (C=O) groups is 1. The molecule has 1 aliphatic heterocycles. The van der Waals surface area contributed by atoms with E-state index in [1.165, 1.54) is 0 Å². The van der Waals surface area contributed by atoms with E-state index < -0.39 is 5.41 Å². The summed E-state index contributed by atoms with van der Waals surface area (Å²) in [7, 11) is 0. The normalized spacial score (nSPS) is 20.3. The highest BCUT2D eigenvalue weighted by Gasteiger charge is 2.38. The third kappa shape index (κ3) is 3.03. The molecule has 0 aliphatic carbocycles. The third-order valence-electron chi connectivity index (χ3n) is 4.58. The molecule has 0 radical (unpaired) electrons. The summed E-state index contributed by atoms with van der Waals surface area (Å²) in [5.41, 5.74) is 2.33. The van der Waals surface area contributed by atoms with E-state index in [4.69, 9.17) is 4.52 Å². The minimum absolute atomic E-state index is 0.0161. The average molecular weight is 334 g/mol. The highest BCUT2D eigenvalue weighted by molar-refractivity contribution is 5.78. The summed E-state index contributed by atoms with van der Waals surface area (Å²) >= 11 is 0. The first-order valence-corrected chi connectivity index (χ1v) is 8.27. The van der Waals surface area contributed by atoms with Crippen LogP contribution in [0.5, 0.6) is 0 Å². The van der Waals surface area contributed by atoms with Gasteiger partial charge in [0.15, 0.2) is 0 Å². The predicted octanol–water partition coefficient (Wildman–Crippen LogP) is 2.97. The van der Waals surface area contributed by atoms with Gasteiger partial charge in [-0.05, 0) is 18.6 Å². The standard InChI is InChI=1S/C19H18N4O2/c1-19(9-10-20-16(24)11-19)18-22-17(23-25-18)14-7-8-15(21-12-14)13-5-3-2-4-6-13/h2-8,12H,9-11H2,1H3,(H,20,24). The third-order valence-corrected chi connectivity index (χ3v) is 4.58. The molecule has 3 aromatic rings. The molecular weight excluding hydrogens is 316 g/mol. The lowest BCUT2D eigenvalue weighted by Crippen LogP contribution is -2.41. The van der Waals surface area contributed by atoms with Crippen LogP contribution in [0.25, 0.3) is 22.6 Å². The van der Waals surface area contributed by atoms with Crippen molar-refractivity contribution in [2.24, 2.45) is 0 Å². The van der Waals surface area contributed by atoms with Crippen molar-refractivity contribution < 1.29 is 9.32 Å². The second-order valence-corrected chi connectivity index (χ2v) is 6.56. The van der Waals surface area contributed by atoms with Crippen molar-refractivity contribution in [3.05, 3.63) is 54.6 Å². The lowest BCUT2D eigenvalue weighted by atomic mass is 9.80. The Labute approximate surface area is 145 Å². The van der Waals surface area contributed by atoms with Crippen LogP contribution in [0.1, 0.15) is 25.7 Å². The second-order valence-electron chi connectivity index (χ2n) is 6.56. The molecule has 1 saturated heterocycles. The van der Waals surface area contributed by atoms with E-state index in [1.807, 2.05) is 49.4 Å². The van der Waals surface area contributed by atoms with Crippen LogP contribution in [0.15, 0.2) is 53.2 Å². The quantitative estimate of drug-likeness (QED) is 0.796. The van der Waals surface area contributed by atoms with Gasteiger partial charge in [-0.1, -0.05) is 42.4 Å². The number of aromatic nitrogens is 3. The highest BCUT2D eigenvalue weighted by atomic mass is 16.5. The van der Waals surface area contributed by atoms with Gasteiger partial charge in [-0.15, -0.1) is 0 Å². The molecule has 6 heteroatoms. The summed E-state index contributed by atoms with van der Waals surface area (Å²) < 4.78 is 5.46. The van der Waals surface area contributed by atoms with Crippen molar-refractivity contribution in [1.29, 1.82) is 0 Å². The molecule has 4 rings (SSSR count). The van der Waals surface area contributed by atoms with Gasteiger partial charge in [0.2, 0.25) is 17.6 Å². The van der Waals surface area contributed by atoms with Gasteiger partial charge in [-0.3, -0.25) is 9.78 Å². The van der Waals surface area contributed by atoms with Crippen molar-refractivity contribution in [3.63, 3.8) is 0 Å². The average Bonchev–Trinajstić information content (AvgIpc) is 3.14. The molecule has 0 saturated carbocycles. The zero-order chi connectivity index (χ0) is 17.3. The van der Waals surface area contributed by atoms with Gasteiger partial charge in [0.1, 0.15) is 0 Å². The lowest BCUT2D eigenvalue weighted by molar-refractivity contribution is -0.124. The Bertz CT molecular complexity index is 889. The molecule has 1 amide bonds. The van der Waals surface area contributed by atoms with Gasteiger partial charge < -0.3 is 9.84 Å². The number of rotatable bonds is 3. The largest absolute Gasteiger partial charge is 0.356 e. The Kier molecular flexibility index (Phi) is 3.80. The number of hydrogen-bond acceptors (Lipinski definition) is 5. The zero-order valence-electron chi connectivity index (χ0n) is 13.9. The van der Waals surface area contributed by atoms with Crippen LogP contribution in [0.2, 0.25) is 0 Å². The van der Waals surface area contributed by atoms with Gasteiger partial charge in [0.05, 0.1) is 11.1 Å². The second kappa shape index (κ2) is 6.12. The summed E-state index contributed by atoms with van der Waals surface area (Å²) in [4.78, 5) is 20.7. The summed E-state index contributed by atoms with van der Waals surface area (Å²) in [5.74, 6) is 1.01. The Balaban J connectivity index is 1.59. The van der Waals surface area contributed by atoms with Crippen LogP contribution >= 0.6 is 0 Å². The van der Waals surface area contributed by atoms with Gasteiger partial charge in [0.25, 0.3) is 0 Å². The van der Waals surface area contributed by atoms with Crippen LogP contribution in [-0.2, 0) is 10.2 Å². The summed E-state index contributed by atoms with van der Waals surface area (Å²) in [6.45, 7) is 2.61. The molecule has 1 aromatic carbocycles. The van der Waals surface area contributed by atoms with Crippen molar-refractivity contribution in [3.8, 4) is 22.6 Å². The topological polar surface area (TPSA) is 80.9 Å². The number of benzene rings is 1. The molecule has 1 N–H and O–H groups in total. The number of pyridine rings is 1. The van der Waals surface area contributed by atoms with Crippen molar-refractivity contribution in [2.45, 2.75) is 25.2 Å². The van der Waals surface area contributed by atoms with Crippen molar-refractivity contribution in [1.82, 2.24) is 20.4 Å². The van der Waals surface area contributed by atoms with Crippen LogP contribution in [0.3, 0.4) is 0 Å². The monoisotopic (exact) mass is 334 g/mol. The highest BCUT2D eigenvalue weighted by Crippen LogP contribution is 2.33. The summed E-state index contributed by atoms with van der Waals surface area (Å²) in [6, 6.07) is 13.9. The van der Waals surface area contributed by atoms with Gasteiger partial charge >= 0.3 is 0 Å².